The molecule has 3 N–H and O–H groups in total. The van der Waals surface area contributed by atoms with E-state index < -0.39 is 17.6 Å². The lowest BCUT2D eigenvalue weighted by atomic mass is 9.81. The average molecular weight is 463 g/mol. The second-order valence-corrected chi connectivity index (χ2v) is 9.74. The summed E-state index contributed by atoms with van der Waals surface area (Å²) in [5, 5.41) is 14.9. The highest BCUT2D eigenvalue weighted by molar-refractivity contribution is 5.90. The number of ether oxygens (including phenoxy) is 1. The van der Waals surface area contributed by atoms with E-state index in [2.05, 4.69) is 34.9 Å². The van der Waals surface area contributed by atoms with Crippen molar-refractivity contribution in [3.8, 4) is 11.1 Å². The number of rotatable bonds is 7. The fourth-order valence-corrected chi connectivity index (χ4v) is 5.56. The maximum Gasteiger partial charge on any atom is 0.408 e. The Bertz CT molecular complexity index is 1060. The summed E-state index contributed by atoms with van der Waals surface area (Å²) in [5.74, 6) is -1.51. The predicted octanol–water partition coefficient (Wildman–Crippen LogP) is 4.06. The van der Waals surface area contributed by atoms with Gasteiger partial charge in [-0.05, 0) is 47.4 Å². The van der Waals surface area contributed by atoms with E-state index in [1.807, 2.05) is 24.3 Å². The predicted molar refractivity (Wildman–Crippen MR) is 126 cm³/mol. The summed E-state index contributed by atoms with van der Waals surface area (Å²) in [6.45, 7) is 0.518. The monoisotopic (exact) mass is 462 g/mol. The minimum absolute atomic E-state index is 0.0310. The van der Waals surface area contributed by atoms with Gasteiger partial charge in [0.1, 0.15) is 12.1 Å². The fourth-order valence-electron chi connectivity index (χ4n) is 5.56. The van der Waals surface area contributed by atoms with Gasteiger partial charge in [0.25, 0.3) is 0 Å². The van der Waals surface area contributed by atoms with Crippen molar-refractivity contribution >= 4 is 18.0 Å². The summed E-state index contributed by atoms with van der Waals surface area (Å²) in [7, 11) is 0. The lowest BCUT2D eigenvalue weighted by molar-refractivity contribution is -0.139. The van der Waals surface area contributed by atoms with Crippen molar-refractivity contribution in [1.29, 1.82) is 0 Å². The van der Waals surface area contributed by atoms with E-state index in [0.717, 1.165) is 41.5 Å². The van der Waals surface area contributed by atoms with Crippen LogP contribution >= 0.6 is 0 Å². The standard InChI is InChI=1S/C27H30N2O5/c30-24(31)22-14-17(22)15-28-25(32)27(12-6-1-7-13-27)29-26(33)34-16-23-20-10-4-2-8-18(20)19-9-3-5-11-21(19)23/h2-5,8-11,17,22-23H,1,6-7,12-16H2,(H,28,32)(H,29,33)(H,30,31)/t17-,22-/m1/s1. The van der Waals surface area contributed by atoms with Gasteiger partial charge in [-0.25, -0.2) is 4.79 Å². The highest BCUT2D eigenvalue weighted by Crippen LogP contribution is 2.44. The van der Waals surface area contributed by atoms with Crippen LogP contribution in [0.4, 0.5) is 4.79 Å². The highest BCUT2D eigenvalue weighted by Gasteiger charge is 2.46. The van der Waals surface area contributed by atoms with Crippen molar-refractivity contribution in [3.63, 3.8) is 0 Å². The Morgan fingerprint density at radius 3 is 2.15 bits per heavy atom. The molecule has 0 unspecified atom stereocenters. The minimum Gasteiger partial charge on any atom is -0.481 e. The number of benzene rings is 2. The Balaban J connectivity index is 1.23. The number of alkyl carbamates (subject to hydrolysis) is 1. The van der Waals surface area contributed by atoms with E-state index in [1.54, 1.807) is 0 Å². The molecule has 0 spiro atoms. The third kappa shape index (κ3) is 4.27. The summed E-state index contributed by atoms with van der Waals surface area (Å²) in [4.78, 5) is 37.1. The van der Waals surface area contributed by atoms with E-state index in [-0.39, 0.29) is 30.3 Å². The number of carboxylic acid groups (broad SMARTS) is 1. The summed E-state index contributed by atoms with van der Waals surface area (Å²) < 4.78 is 5.70. The van der Waals surface area contributed by atoms with E-state index >= 15 is 0 Å². The third-order valence-electron chi connectivity index (χ3n) is 7.59. The van der Waals surface area contributed by atoms with Gasteiger partial charge in [0.2, 0.25) is 5.91 Å². The van der Waals surface area contributed by atoms with Crippen molar-refractivity contribution in [2.75, 3.05) is 13.2 Å². The topological polar surface area (TPSA) is 105 Å². The highest BCUT2D eigenvalue weighted by atomic mass is 16.5. The Morgan fingerprint density at radius 1 is 0.941 bits per heavy atom. The molecule has 2 aromatic carbocycles. The molecule has 0 radical (unpaired) electrons. The Hall–Kier alpha value is -3.35. The third-order valence-corrected chi connectivity index (χ3v) is 7.59. The van der Waals surface area contributed by atoms with Crippen LogP contribution in [0.1, 0.15) is 55.6 Å². The average Bonchev–Trinajstić information content (AvgIpc) is 3.57. The molecule has 178 valence electrons. The van der Waals surface area contributed by atoms with Crippen molar-refractivity contribution in [2.24, 2.45) is 11.8 Å². The molecule has 0 aliphatic heterocycles. The molecular formula is C27H30N2O5. The molecule has 5 rings (SSSR count). The van der Waals surface area contributed by atoms with Crippen LogP contribution in [0, 0.1) is 11.8 Å². The van der Waals surface area contributed by atoms with Crippen LogP contribution in [0.2, 0.25) is 0 Å². The molecule has 0 saturated heterocycles. The molecule has 0 heterocycles. The first-order valence-corrected chi connectivity index (χ1v) is 12.1. The van der Waals surface area contributed by atoms with Gasteiger partial charge in [-0.15, -0.1) is 0 Å². The number of aliphatic carboxylic acids is 1. The molecule has 2 saturated carbocycles. The quantitative estimate of drug-likeness (QED) is 0.576. The maximum atomic E-state index is 13.1. The second-order valence-electron chi connectivity index (χ2n) is 9.74. The Kier molecular flexibility index (Phi) is 6.02. The van der Waals surface area contributed by atoms with Gasteiger partial charge in [-0.3, -0.25) is 9.59 Å². The van der Waals surface area contributed by atoms with E-state index in [4.69, 9.17) is 9.84 Å². The molecule has 0 bridgehead atoms. The number of hydrogen-bond donors (Lipinski definition) is 3. The zero-order valence-corrected chi connectivity index (χ0v) is 19.1. The molecule has 3 aliphatic rings. The van der Waals surface area contributed by atoms with Gasteiger partial charge < -0.3 is 20.5 Å². The molecular weight excluding hydrogens is 432 g/mol. The Morgan fingerprint density at radius 2 is 1.56 bits per heavy atom. The molecule has 2 amide bonds. The van der Waals surface area contributed by atoms with Crippen LogP contribution < -0.4 is 10.6 Å². The van der Waals surface area contributed by atoms with Gasteiger partial charge in [0.05, 0.1) is 5.92 Å². The van der Waals surface area contributed by atoms with Gasteiger partial charge in [0.15, 0.2) is 0 Å². The van der Waals surface area contributed by atoms with Gasteiger partial charge in [-0.2, -0.15) is 0 Å². The number of amides is 2. The number of carbonyl (C=O) groups excluding carboxylic acids is 2. The van der Waals surface area contributed by atoms with Crippen LogP contribution in [0.3, 0.4) is 0 Å². The first-order valence-electron chi connectivity index (χ1n) is 12.1. The summed E-state index contributed by atoms with van der Waals surface area (Å²) in [6, 6.07) is 16.3. The molecule has 2 fully saturated rings. The van der Waals surface area contributed by atoms with Crippen molar-refractivity contribution in [3.05, 3.63) is 59.7 Å². The summed E-state index contributed by atoms with van der Waals surface area (Å²) in [6.07, 6.45) is 3.81. The summed E-state index contributed by atoms with van der Waals surface area (Å²) in [5.41, 5.74) is 3.59. The lowest BCUT2D eigenvalue weighted by Crippen LogP contribution is -2.60. The molecule has 0 aromatic heterocycles. The molecule has 7 nitrogen and oxygen atoms in total. The smallest absolute Gasteiger partial charge is 0.408 e. The Labute approximate surface area is 198 Å². The van der Waals surface area contributed by atoms with Crippen LogP contribution in [-0.4, -0.2) is 41.8 Å². The van der Waals surface area contributed by atoms with E-state index in [0.29, 0.717) is 25.8 Å². The first-order chi connectivity index (χ1) is 16.5. The van der Waals surface area contributed by atoms with Crippen LogP contribution in [0.25, 0.3) is 11.1 Å². The van der Waals surface area contributed by atoms with E-state index in [9.17, 15) is 14.4 Å². The van der Waals surface area contributed by atoms with Crippen molar-refractivity contribution in [1.82, 2.24) is 10.6 Å². The lowest BCUT2D eigenvalue weighted by Gasteiger charge is -2.36. The number of hydrogen-bond acceptors (Lipinski definition) is 4. The zero-order valence-electron chi connectivity index (χ0n) is 19.1. The molecule has 7 heteroatoms. The number of fused-ring (bicyclic) bond motifs is 3. The summed E-state index contributed by atoms with van der Waals surface area (Å²) >= 11 is 0. The second kappa shape index (κ2) is 9.12. The number of nitrogens with one attached hydrogen (secondary N) is 2. The fraction of sp³-hybridized carbons (Fsp3) is 0.444. The number of carbonyl (C=O) groups is 3. The SMILES string of the molecule is O=C(NC1(C(=O)NC[C@H]2C[C@H]2C(=O)O)CCCCC1)OCC1c2ccccc2-c2ccccc21. The minimum atomic E-state index is -1.01. The van der Waals surface area contributed by atoms with Crippen LogP contribution in [0.15, 0.2) is 48.5 Å². The molecule has 34 heavy (non-hydrogen) atoms. The van der Waals surface area contributed by atoms with Gasteiger partial charge in [0, 0.05) is 12.5 Å². The van der Waals surface area contributed by atoms with Crippen molar-refractivity contribution < 1.29 is 24.2 Å². The zero-order chi connectivity index (χ0) is 23.7. The molecule has 2 aromatic rings. The first kappa shape index (κ1) is 22.4. The normalized spacial score (nSPS) is 22.2. The van der Waals surface area contributed by atoms with Crippen LogP contribution in [-0.2, 0) is 14.3 Å². The van der Waals surface area contributed by atoms with E-state index in [1.165, 1.54) is 0 Å². The van der Waals surface area contributed by atoms with Gasteiger partial charge >= 0.3 is 12.1 Å². The largest absolute Gasteiger partial charge is 0.481 e. The van der Waals surface area contributed by atoms with Gasteiger partial charge in [-0.1, -0.05) is 67.8 Å². The molecule has 3 aliphatic carbocycles. The van der Waals surface area contributed by atoms with Crippen molar-refractivity contribution in [2.45, 2.75) is 50.0 Å². The number of carboxylic acids is 1. The molecule has 2 atom stereocenters. The maximum absolute atomic E-state index is 13.1. The van der Waals surface area contributed by atoms with Crippen LogP contribution in [0.5, 0.6) is 0 Å².